The quantitative estimate of drug-likeness (QED) is 0.456. The van der Waals surface area contributed by atoms with Crippen molar-refractivity contribution in [2.75, 3.05) is 16.8 Å². The molecule has 0 spiro atoms. The lowest BCUT2D eigenvalue weighted by Gasteiger charge is -2.16. The van der Waals surface area contributed by atoms with Crippen LogP contribution >= 0.6 is 11.8 Å². The van der Waals surface area contributed by atoms with Crippen molar-refractivity contribution in [3.05, 3.63) is 95.0 Å². The summed E-state index contributed by atoms with van der Waals surface area (Å²) in [5.74, 6) is -0.106. The van der Waals surface area contributed by atoms with Gasteiger partial charge in [0, 0.05) is 4.90 Å². The van der Waals surface area contributed by atoms with E-state index in [-0.39, 0.29) is 17.5 Å². The highest BCUT2D eigenvalue weighted by atomic mass is 32.2. The molecule has 162 valence electrons. The maximum absolute atomic E-state index is 13.5. The van der Waals surface area contributed by atoms with Crippen LogP contribution in [0.5, 0.6) is 5.75 Å². The molecule has 0 bridgehead atoms. The maximum Gasteiger partial charge on any atom is 0.283 e. The zero-order valence-electron chi connectivity index (χ0n) is 18.0. The van der Waals surface area contributed by atoms with Gasteiger partial charge >= 0.3 is 0 Å². The van der Waals surface area contributed by atoms with Crippen molar-refractivity contribution in [1.29, 1.82) is 0 Å². The van der Waals surface area contributed by atoms with Gasteiger partial charge in [0.05, 0.1) is 18.0 Å². The van der Waals surface area contributed by atoms with Crippen molar-refractivity contribution in [2.45, 2.75) is 25.2 Å². The van der Waals surface area contributed by atoms with Crippen molar-refractivity contribution in [2.24, 2.45) is 0 Å². The van der Waals surface area contributed by atoms with Crippen LogP contribution in [-0.2, 0) is 16.0 Å². The number of hydrogen-bond donors (Lipinski definition) is 1. The fraction of sp³-hybridized carbons (Fsp3) is 0.154. The number of carbonyl (C=O) groups is 2. The highest BCUT2D eigenvalue weighted by molar-refractivity contribution is 8.04. The number of para-hydroxylation sites is 2. The number of nitrogens with zero attached hydrogens (tertiary/aromatic N) is 1. The number of imide groups is 1. The number of thioether (sulfide) groups is 1. The van der Waals surface area contributed by atoms with Gasteiger partial charge in [0.2, 0.25) is 0 Å². The molecular weight excluding hydrogens is 420 g/mol. The number of anilines is 2. The Morgan fingerprint density at radius 1 is 0.844 bits per heavy atom. The summed E-state index contributed by atoms with van der Waals surface area (Å²) >= 11 is 1.28. The van der Waals surface area contributed by atoms with Gasteiger partial charge < -0.3 is 10.1 Å². The Morgan fingerprint density at radius 2 is 1.53 bits per heavy atom. The SMILES string of the molecule is CCOc1ccccc1NC1=C(Sc2ccccc2)C(=O)N(c2ccc(CC)cc2)C1=O. The van der Waals surface area contributed by atoms with E-state index in [0.717, 1.165) is 16.9 Å². The Hall–Kier alpha value is -3.51. The summed E-state index contributed by atoms with van der Waals surface area (Å²) in [5.41, 5.74) is 2.58. The van der Waals surface area contributed by atoms with E-state index in [1.165, 1.54) is 16.7 Å². The van der Waals surface area contributed by atoms with E-state index >= 15 is 0 Å². The Morgan fingerprint density at radius 3 is 2.22 bits per heavy atom. The monoisotopic (exact) mass is 444 g/mol. The van der Waals surface area contributed by atoms with Crippen LogP contribution in [0, 0.1) is 0 Å². The number of hydrogen-bond acceptors (Lipinski definition) is 5. The molecule has 32 heavy (non-hydrogen) atoms. The second-order valence-electron chi connectivity index (χ2n) is 7.14. The largest absolute Gasteiger partial charge is 0.492 e. The van der Waals surface area contributed by atoms with Gasteiger partial charge in [-0.15, -0.1) is 0 Å². The van der Waals surface area contributed by atoms with Gasteiger partial charge in [-0.3, -0.25) is 9.59 Å². The van der Waals surface area contributed by atoms with Crippen LogP contribution in [-0.4, -0.2) is 18.4 Å². The summed E-state index contributed by atoms with van der Waals surface area (Å²) < 4.78 is 5.70. The molecular formula is C26H24N2O3S. The van der Waals surface area contributed by atoms with Crippen molar-refractivity contribution < 1.29 is 14.3 Å². The molecule has 3 aromatic carbocycles. The average molecular weight is 445 g/mol. The van der Waals surface area contributed by atoms with E-state index in [9.17, 15) is 9.59 Å². The molecule has 4 rings (SSSR count). The van der Waals surface area contributed by atoms with Crippen LogP contribution in [0.25, 0.3) is 0 Å². The van der Waals surface area contributed by atoms with E-state index < -0.39 is 0 Å². The van der Waals surface area contributed by atoms with Gasteiger partial charge in [-0.05, 0) is 55.3 Å². The lowest BCUT2D eigenvalue weighted by atomic mass is 10.1. The molecule has 1 N–H and O–H groups in total. The number of aryl methyl sites for hydroxylation is 1. The lowest BCUT2D eigenvalue weighted by Crippen LogP contribution is -2.32. The third-order valence-corrected chi connectivity index (χ3v) is 6.14. The van der Waals surface area contributed by atoms with E-state index in [4.69, 9.17) is 4.74 Å². The first-order chi connectivity index (χ1) is 15.6. The normalized spacial score (nSPS) is 13.6. The Kier molecular flexibility index (Phi) is 6.61. The van der Waals surface area contributed by atoms with Crippen LogP contribution < -0.4 is 15.0 Å². The highest BCUT2D eigenvalue weighted by Gasteiger charge is 2.40. The summed E-state index contributed by atoms with van der Waals surface area (Å²) in [6, 6.07) is 24.5. The topological polar surface area (TPSA) is 58.6 Å². The summed E-state index contributed by atoms with van der Waals surface area (Å²) in [7, 11) is 0. The zero-order valence-corrected chi connectivity index (χ0v) is 18.8. The van der Waals surface area contributed by atoms with Gasteiger partial charge in [0.1, 0.15) is 16.4 Å². The Bertz CT molecular complexity index is 1160. The molecule has 1 heterocycles. The second kappa shape index (κ2) is 9.75. The average Bonchev–Trinajstić information content (AvgIpc) is 3.05. The van der Waals surface area contributed by atoms with Gasteiger partial charge in [-0.25, -0.2) is 4.90 Å². The zero-order chi connectivity index (χ0) is 22.5. The first-order valence-corrected chi connectivity index (χ1v) is 11.4. The third kappa shape index (κ3) is 4.41. The number of carbonyl (C=O) groups excluding carboxylic acids is 2. The van der Waals surface area contributed by atoms with E-state index in [1.54, 1.807) is 0 Å². The van der Waals surface area contributed by atoms with Crippen LogP contribution in [0.4, 0.5) is 11.4 Å². The number of nitrogens with one attached hydrogen (secondary N) is 1. The molecule has 0 saturated heterocycles. The van der Waals surface area contributed by atoms with E-state index in [0.29, 0.717) is 28.6 Å². The number of rotatable bonds is 8. The minimum absolute atomic E-state index is 0.246. The smallest absolute Gasteiger partial charge is 0.283 e. The fourth-order valence-corrected chi connectivity index (χ4v) is 4.37. The molecule has 0 fully saturated rings. The third-order valence-electron chi connectivity index (χ3n) is 5.05. The predicted octanol–water partition coefficient (Wildman–Crippen LogP) is 5.64. The molecule has 1 aliphatic heterocycles. The first kappa shape index (κ1) is 21.7. The van der Waals surface area contributed by atoms with E-state index in [2.05, 4.69) is 12.2 Å². The highest BCUT2D eigenvalue weighted by Crippen LogP contribution is 2.39. The molecule has 0 atom stereocenters. The summed E-state index contributed by atoms with van der Waals surface area (Å²) in [6.45, 7) is 4.46. The molecule has 0 aliphatic carbocycles. The summed E-state index contributed by atoms with van der Waals surface area (Å²) in [6.07, 6.45) is 0.885. The number of amides is 2. The maximum atomic E-state index is 13.5. The van der Waals surface area contributed by atoms with Gasteiger partial charge in [0.15, 0.2) is 0 Å². The summed E-state index contributed by atoms with van der Waals surface area (Å²) in [4.78, 5) is 29.4. The van der Waals surface area contributed by atoms with Gasteiger partial charge in [0.25, 0.3) is 11.8 Å². The van der Waals surface area contributed by atoms with Crippen LogP contribution in [0.1, 0.15) is 19.4 Å². The molecule has 0 saturated carbocycles. The standard InChI is InChI=1S/C26H24N2O3S/c1-3-18-14-16-19(17-15-18)28-25(29)23(27-21-12-8-9-13-22(21)31-4-2)24(26(28)30)32-20-10-6-5-7-11-20/h5-17,27H,3-4H2,1-2H3. The number of benzene rings is 3. The second-order valence-corrected chi connectivity index (χ2v) is 8.22. The molecule has 1 aliphatic rings. The van der Waals surface area contributed by atoms with Gasteiger partial charge in [-0.1, -0.05) is 61.2 Å². The van der Waals surface area contributed by atoms with Crippen LogP contribution in [0.15, 0.2) is 94.4 Å². The summed E-state index contributed by atoms with van der Waals surface area (Å²) in [5, 5.41) is 3.19. The fourth-order valence-electron chi connectivity index (χ4n) is 3.42. The Labute approximate surface area is 192 Å². The molecule has 0 radical (unpaired) electrons. The Balaban J connectivity index is 1.74. The van der Waals surface area contributed by atoms with E-state index in [1.807, 2.05) is 85.8 Å². The molecule has 5 nitrogen and oxygen atoms in total. The minimum Gasteiger partial charge on any atom is -0.492 e. The predicted molar refractivity (Wildman–Crippen MR) is 129 cm³/mol. The first-order valence-electron chi connectivity index (χ1n) is 10.6. The minimum atomic E-state index is -0.385. The van der Waals surface area contributed by atoms with Crippen LogP contribution in [0.3, 0.4) is 0 Å². The molecule has 0 aromatic heterocycles. The molecule has 0 unspecified atom stereocenters. The molecule has 3 aromatic rings. The molecule has 6 heteroatoms. The molecule has 2 amide bonds. The number of ether oxygens (including phenoxy) is 1. The van der Waals surface area contributed by atoms with Crippen molar-refractivity contribution in [3.63, 3.8) is 0 Å². The lowest BCUT2D eigenvalue weighted by molar-refractivity contribution is -0.120. The van der Waals surface area contributed by atoms with Crippen molar-refractivity contribution in [1.82, 2.24) is 0 Å². The van der Waals surface area contributed by atoms with Crippen molar-refractivity contribution >= 4 is 35.0 Å². The van der Waals surface area contributed by atoms with Crippen molar-refractivity contribution in [3.8, 4) is 5.75 Å². The van der Waals surface area contributed by atoms with Crippen LogP contribution in [0.2, 0.25) is 0 Å². The van der Waals surface area contributed by atoms with Gasteiger partial charge in [-0.2, -0.15) is 0 Å².